The molecule has 96 valence electrons. The van der Waals surface area contributed by atoms with Crippen molar-refractivity contribution in [2.24, 2.45) is 5.92 Å². The van der Waals surface area contributed by atoms with E-state index < -0.39 is 6.10 Å². The summed E-state index contributed by atoms with van der Waals surface area (Å²) in [7, 11) is 1.63. The van der Waals surface area contributed by atoms with Gasteiger partial charge >= 0.3 is 0 Å². The normalized spacial score (nSPS) is 12.8. The summed E-state index contributed by atoms with van der Waals surface area (Å²) >= 11 is 0. The Bertz CT molecular complexity index is 306. The molecule has 0 aliphatic carbocycles. The SMILES string of the molecule is COc1ccc(C(O)COCCC(C)C)cc1. The predicted octanol–water partition coefficient (Wildman–Crippen LogP) is 2.79. The average Bonchev–Trinajstić information content (AvgIpc) is 2.34. The summed E-state index contributed by atoms with van der Waals surface area (Å²) in [5, 5.41) is 9.88. The molecule has 0 bridgehead atoms. The van der Waals surface area contributed by atoms with Crippen molar-refractivity contribution in [1.29, 1.82) is 0 Å². The van der Waals surface area contributed by atoms with E-state index in [1.165, 1.54) is 0 Å². The van der Waals surface area contributed by atoms with E-state index in [9.17, 15) is 5.11 Å². The van der Waals surface area contributed by atoms with Crippen LogP contribution in [0.3, 0.4) is 0 Å². The van der Waals surface area contributed by atoms with E-state index in [1.807, 2.05) is 24.3 Å². The van der Waals surface area contributed by atoms with Gasteiger partial charge in [0.2, 0.25) is 0 Å². The maximum atomic E-state index is 9.88. The Hall–Kier alpha value is -1.06. The largest absolute Gasteiger partial charge is 0.497 e. The summed E-state index contributed by atoms with van der Waals surface area (Å²) < 4.78 is 10.5. The number of aliphatic hydroxyl groups is 1. The van der Waals surface area contributed by atoms with Crippen LogP contribution in [0.2, 0.25) is 0 Å². The van der Waals surface area contributed by atoms with Gasteiger partial charge in [-0.15, -0.1) is 0 Å². The fourth-order valence-corrected chi connectivity index (χ4v) is 1.44. The number of rotatable bonds is 7. The maximum absolute atomic E-state index is 9.88. The Balaban J connectivity index is 2.33. The zero-order valence-corrected chi connectivity index (χ0v) is 10.8. The van der Waals surface area contributed by atoms with E-state index in [0.29, 0.717) is 19.1 Å². The molecule has 0 saturated heterocycles. The lowest BCUT2D eigenvalue weighted by atomic mass is 10.1. The minimum Gasteiger partial charge on any atom is -0.497 e. The quantitative estimate of drug-likeness (QED) is 0.742. The third-order valence-corrected chi connectivity index (χ3v) is 2.62. The van der Waals surface area contributed by atoms with Crippen LogP contribution in [0.15, 0.2) is 24.3 Å². The van der Waals surface area contributed by atoms with E-state index in [2.05, 4.69) is 13.8 Å². The zero-order chi connectivity index (χ0) is 12.7. The van der Waals surface area contributed by atoms with Gasteiger partial charge in [0.1, 0.15) is 11.9 Å². The van der Waals surface area contributed by atoms with Crippen LogP contribution in [0.1, 0.15) is 31.9 Å². The molecular weight excluding hydrogens is 216 g/mol. The van der Waals surface area contributed by atoms with E-state index in [-0.39, 0.29) is 0 Å². The van der Waals surface area contributed by atoms with Gasteiger partial charge in [-0.1, -0.05) is 26.0 Å². The Morgan fingerprint density at radius 2 is 1.82 bits per heavy atom. The monoisotopic (exact) mass is 238 g/mol. The van der Waals surface area contributed by atoms with Gasteiger partial charge in [0.15, 0.2) is 0 Å². The first-order chi connectivity index (χ1) is 8.13. The molecule has 1 atom stereocenters. The van der Waals surface area contributed by atoms with Crippen molar-refractivity contribution in [2.45, 2.75) is 26.4 Å². The number of ether oxygens (including phenoxy) is 2. The lowest BCUT2D eigenvalue weighted by molar-refractivity contribution is 0.0319. The number of benzene rings is 1. The van der Waals surface area contributed by atoms with Gasteiger partial charge < -0.3 is 14.6 Å². The molecule has 1 aromatic carbocycles. The number of methoxy groups -OCH3 is 1. The van der Waals surface area contributed by atoms with Gasteiger partial charge in [-0.3, -0.25) is 0 Å². The number of hydrogen-bond acceptors (Lipinski definition) is 3. The molecule has 1 unspecified atom stereocenters. The van der Waals surface area contributed by atoms with Crippen LogP contribution in [0.5, 0.6) is 5.75 Å². The topological polar surface area (TPSA) is 38.7 Å². The second kappa shape index (κ2) is 7.30. The van der Waals surface area contributed by atoms with Crippen LogP contribution in [-0.2, 0) is 4.74 Å². The molecule has 3 heteroatoms. The Morgan fingerprint density at radius 3 is 2.35 bits per heavy atom. The van der Waals surface area contributed by atoms with E-state index in [1.54, 1.807) is 7.11 Å². The molecule has 0 heterocycles. The van der Waals surface area contributed by atoms with E-state index in [0.717, 1.165) is 17.7 Å². The first kappa shape index (κ1) is 14.0. The summed E-state index contributed by atoms with van der Waals surface area (Å²) in [6.45, 7) is 5.36. The third kappa shape index (κ3) is 5.20. The fraction of sp³-hybridized carbons (Fsp3) is 0.571. The van der Waals surface area contributed by atoms with Crippen LogP contribution in [0.4, 0.5) is 0 Å². The Labute approximate surface area is 103 Å². The minimum absolute atomic E-state index is 0.346. The molecule has 0 aliphatic rings. The van der Waals surface area contributed by atoms with Crippen LogP contribution in [0.25, 0.3) is 0 Å². The Morgan fingerprint density at radius 1 is 1.18 bits per heavy atom. The molecule has 0 saturated carbocycles. The molecule has 0 radical (unpaired) electrons. The lowest BCUT2D eigenvalue weighted by Crippen LogP contribution is -2.09. The summed E-state index contributed by atoms with van der Waals surface area (Å²) in [6, 6.07) is 7.39. The predicted molar refractivity (Wildman–Crippen MR) is 68.2 cm³/mol. The smallest absolute Gasteiger partial charge is 0.118 e. The lowest BCUT2D eigenvalue weighted by Gasteiger charge is -2.12. The zero-order valence-electron chi connectivity index (χ0n) is 10.8. The molecule has 0 aliphatic heterocycles. The molecule has 0 spiro atoms. The number of aliphatic hydroxyl groups excluding tert-OH is 1. The third-order valence-electron chi connectivity index (χ3n) is 2.62. The van der Waals surface area contributed by atoms with Gasteiger partial charge in [0, 0.05) is 6.61 Å². The van der Waals surface area contributed by atoms with Crippen molar-refractivity contribution in [3.05, 3.63) is 29.8 Å². The molecular formula is C14H22O3. The van der Waals surface area contributed by atoms with Crippen molar-refractivity contribution >= 4 is 0 Å². The van der Waals surface area contributed by atoms with E-state index in [4.69, 9.17) is 9.47 Å². The van der Waals surface area contributed by atoms with Crippen molar-refractivity contribution in [3.8, 4) is 5.75 Å². The fourth-order valence-electron chi connectivity index (χ4n) is 1.44. The summed E-state index contributed by atoms with van der Waals surface area (Å²) in [6.07, 6.45) is 0.461. The summed E-state index contributed by atoms with van der Waals surface area (Å²) in [5.74, 6) is 1.43. The van der Waals surface area contributed by atoms with Crippen LogP contribution in [0, 0.1) is 5.92 Å². The standard InChI is InChI=1S/C14H22O3/c1-11(2)8-9-17-10-14(15)12-4-6-13(16-3)7-5-12/h4-7,11,14-15H,8-10H2,1-3H3. The molecule has 1 N–H and O–H groups in total. The number of hydrogen-bond donors (Lipinski definition) is 1. The first-order valence-corrected chi connectivity index (χ1v) is 6.03. The highest BCUT2D eigenvalue weighted by Crippen LogP contribution is 2.17. The summed E-state index contributed by atoms with van der Waals surface area (Å²) in [5.41, 5.74) is 0.857. The van der Waals surface area contributed by atoms with Gasteiger partial charge in [-0.25, -0.2) is 0 Å². The highest BCUT2D eigenvalue weighted by atomic mass is 16.5. The molecule has 17 heavy (non-hydrogen) atoms. The minimum atomic E-state index is -0.562. The molecule has 3 nitrogen and oxygen atoms in total. The van der Waals surface area contributed by atoms with Crippen LogP contribution in [-0.4, -0.2) is 25.4 Å². The van der Waals surface area contributed by atoms with Gasteiger partial charge in [-0.2, -0.15) is 0 Å². The van der Waals surface area contributed by atoms with Gasteiger partial charge in [-0.05, 0) is 30.0 Å². The molecule has 0 fully saturated rings. The van der Waals surface area contributed by atoms with Gasteiger partial charge in [0.05, 0.1) is 13.7 Å². The van der Waals surface area contributed by atoms with Crippen molar-refractivity contribution in [2.75, 3.05) is 20.3 Å². The van der Waals surface area contributed by atoms with Crippen molar-refractivity contribution in [1.82, 2.24) is 0 Å². The molecule has 0 amide bonds. The average molecular weight is 238 g/mol. The van der Waals surface area contributed by atoms with Crippen LogP contribution >= 0.6 is 0 Å². The molecule has 0 aromatic heterocycles. The summed E-state index contributed by atoms with van der Waals surface area (Å²) in [4.78, 5) is 0. The molecule has 1 rings (SSSR count). The Kier molecular flexibility index (Phi) is 6.01. The highest BCUT2D eigenvalue weighted by Gasteiger charge is 2.07. The van der Waals surface area contributed by atoms with E-state index >= 15 is 0 Å². The van der Waals surface area contributed by atoms with Gasteiger partial charge in [0.25, 0.3) is 0 Å². The maximum Gasteiger partial charge on any atom is 0.118 e. The second-order valence-corrected chi connectivity index (χ2v) is 4.55. The second-order valence-electron chi connectivity index (χ2n) is 4.55. The van der Waals surface area contributed by atoms with Crippen LogP contribution < -0.4 is 4.74 Å². The molecule has 1 aromatic rings. The highest BCUT2D eigenvalue weighted by molar-refractivity contribution is 5.28. The first-order valence-electron chi connectivity index (χ1n) is 6.03. The van der Waals surface area contributed by atoms with Crippen molar-refractivity contribution in [3.63, 3.8) is 0 Å². The van der Waals surface area contributed by atoms with Crippen molar-refractivity contribution < 1.29 is 14.6 Å².